The first-order chi connectivity index (χ1) is 7.75. The molecule has 3 heteroatoms. The molecule has 0 aliphatic heterocycles. The van der Waals surface area contributed by atoms with Gasteiger partial charge in [0, 0.05) is 21.5 Å². The Bertz CT molecular complexity index is 476. The molecule has 0 amide bonds. The molecule has 0 aliphatic carbocycles. The van der Waals surface area contributed by atoms with Gasteiger partial charge in [-0.05, 0) is 25.1 Å². The molecule has 1 aromatic heterocycles. The van der Waals surface area contributed by atoms with Crippen molar-refractivity contribution in [2.24, 2.45) is 0 Å². The van der Waals surface area contributed by atoms with Crippen molar-refractivity contribution in [1.29, 1.82) is 0 Å². The summed E-state index contributed by atoms with van der Waals surface area (Å²) in [6, 6.07) is 11.7. The number of Topliss-reactive ketones (excluding diaryl/α,β-unsaturated/α-hetero) is 1. The zero-order valence-electron chi connectivity index (χ0n) is 9.07. The first-order valence-electron chi connectivity index (χ1n) is 5.13. The summed E-state index contributed by atoms with van der Waals surface area (Å²) in [5, 5.41) is 5.01. The van der Waals surface area contributed by atoms with Crippen LogP contribution in [0, 0.1) is 6.92 Å². The van der Waals surface area contributed by atoms with E-state index in [-0.39, 0.29) is 5.78 Å². The van der Waals surface area contributed by atoms with Crippen LogP contribution in [-0.2, 0) is 0 Å². The van der Waals surface area contributed by atoms with Crippen LogP contribution in [0.5, 0.6) is 0 Å². The molecular weight excluding hydrogens is 218 g/mol. The molecule has 1 heterocycles. The summed E-state index contributed by atoms with van der Waals surface area (Å²) in [6.45, 7) is 2.35. The average molecular weight is 231 g/mol. The Morgan fingerprint density at radius 3 is 2.69 bits per heavy atom. The Hall–Kier alpha value is -1.61. The second-order valence-electron chi connectivity index (χ2n) is 3.59. The van der Waals surface area contributed by atoms with E-state index in [1.807, 2.05) is 48.7 Å². The van der Waals surface area contributed by atoms with E-state index in [1.165, 1.54) is 4.88 Å². The SMILES string of the molecule is Cc1cc(C(=O)CNc2ccccc2)cs1. The zero-order valence-corrected chi connectivity index (χ0v) is 9.88. The van der Waals surface area contributed by atoms with Crippen LogP contribution in [0.3, 0.4) is 0 Å². The third-order valence-corrected chi connectivity index (χ3v) is 3.14. The molecule has 0 bridgehead atoms. The Morgan fingerprint density at radius 2 is 2.06 bits per heavy atom. The standard InChI is InChI=1S/C13H13NOS/c1-10-7-11(9-16-10)13(15)8-14-12-5-3-2-4-6-12/h2-7,9,14H,8H2,1H3. The fourth-order valence-electron chi connectivity index (χ4n) is 1.43. The number of hydrogen-bond acceptors (Lipinski definition) is 3. The van der Waals surface area contributed by atoms with Gasteiger partial charge in [0.2, 0.25) is 0 Å². The molecule has 0 aliphatic rings. The molecule has 0 saturated heterocycles. The van der Waals surface area contributed by atoms with Crippen molar-refractivity contribution in [1.82, 2.24) is 0 Å². The molecule has 16 heavy (non-hydrogen) atoms. The van der Waals surface area contributed by atoms with Crippen molar-refractivity contribution in [3.8, 4) is 0 Å². The van der Waals surface area contributed by atoms with Crippen LogP contribution >= 0.6 is 11.3 Å². The van der Waals surface area contributed by atoms with Crippen molar-refractivity contribution in [3.63, 3.8) is 0 Å². The van der Waals surface area contributed by atoms with E-state index in [2.05, 4.69) is 5.32 Å². The third-order valence-electron chi connectivity index (χ3n) is 2.28. The number of rotatable bonds is 4. The molecule has 2 aromatic rings. The lowest BCUT2D eigenvalue weighted by Gasteiger charge is -2.03. The monoisotopic (exact) mass is 231 g/mol. The highest BCUT2D eigenvalue weighted by molar-refractivity contribution is 7.10. The normalized spacial score (nSPS) is 10.1. The lowest BCUT2D eigenvalue weighted by atomic mass is 10.2. The van der Waals surface area contributed by atoms with Crippen LogP contribution in [-0.4, -0.2) is 12.3 Å². The molecule has 0 saturated carbocycles. The smallest absolute Gasteiger partial charge is 0.182 e. The summed E-state index contributed by atoms with van der Waals surface area (Å²) in [5.74, 6) is 0.133. The van der Waals surface area contributed by atoms with E-state index in [4.69, 9.17) is 0 Å². The summed E-state index contributed by atoms with van der Waals surface area (Å²) < 4.78 is 0. The van der Waals surface area contributed by atoms with Crippen molar-refractivity contribution in [3.05, 3.63) is 52.2 Å². The highest BCUT2D eigenvalue weighted by atomic mass is 32.1. The van der Waals surface area contributed by atoms with Crippen LogP contribution < -0.4 is 5.32 Å². The molecule has 0 atom stereocenters. The molecule has 2 rings (SSSR count). The van der Waals surface area contributed by atoms with E-state index in [9.17, 15) is 4.79 Å². The summed E-state index contributed by atoms with van der Waals surface area (Å²) in [6.07, 6.45) is 0. The van der Waals surface area contributed by atoms with Gasteiger partial charge in [-0.25, -0.2) is 0 Å². The molecule has 0 radical (unpaired) electrons. The van der Waals surface area contributed by atoms with Crippen LogP contribution in [0.4, 0.5) is 5.69 Å². The molecule has 82 valence electrons. The maximum absolute atomic E-state index is 11.8. The maximum Gasteiger partial charge on any atom is 0.182 e. The zero-order chi connectivity index (χ0) is 11.4. The number of hydrogen-bond donors (Lipinski definition) is 1. The van der Waals surface area contributed by atoms with Crippen molar-refractivity contribution >= 4 is 22.8 Å². The maximum atomic E-state index is 11.8. The Kier molecular flexibility index (Phi) is 3.37. The van der Waals surface area contributed by atoms with E-state index in [1.54, 1.807) is 11.3 Å². The van der Waals surface area contributed by atoms with Crippen LogP contribution in [0.15, 0.2) is 41.8 Å². The largest absolute Gasteiger partial charge is 0.378 e. The number of carbonyl (C=O) groups is 1. The number of nitrogens with one attached hydrogen (secondary N) is 1. The molecule has 0 fully saturated rings. The molecule has 0 spiro atoms. The summed E-state index contributed by atoms with van der Waals surface area (Å²) in [7, 11) is 0. The summed E-state index contributed by atoms with van der Waals surface area (Å²) in [4.78, 5) is 12.9. The minimum atomic E-state index is 0.133. The second-order valence-corrected chi connectivity index (χ2v) is 4.70. The van der Waals surface area contributed by atoms with E-state index in [0.29, 0.717) is 6.54 Å². The number of thiophene rings is 1. The predicted molar refractivity (Wildman–Crippen MR) is 68.3 cm³/mol. The van der Waals surface area contributed by atoms with Crippen LogP contribution in [0.1, 0.15) is 15.2 Å². The van der Waals surface area contributed by atoms with Gasteiger partial charge >= 0.3 is 0 Å². The Balaban J connectivity index is 1.94. The average Bonchev–Trinajstić information content (AvgIpc) is 2.74. The lowest BCUT2D eigenvalue weighted by molar-refractivity contribution is 0.101. The molecular formula is C13H13NOS. The first kappa shape index (κ1) is 10.9. The van der Waals surface area contributed by atoms with Gasteiger partial charge in [0.05, 0.1) is 6.54 Å². The van der Waals surface area contributed by atoms with E-state index >= 15 is 0 Å². The first-order valence-corrected chi connectivity index (χ1v) is 6.01. The molecule has 1 aromatic carbocycles. The van der Waals surface area contributed by atoms with Crippen molar-refractivity contribution < 1.29 is 4.79 Å². The molecule has 2 nitrogen and oxygen atoms in total. The molecule has 1 N–H and O–H groups in total. The Labute approximate surface area is 98.9 Å². The third kappa shape index (κ3) is 2.70. The van der Waals surface area contributed by atoms with Gasteiger partial charge in [-0.3, -0.25) is 4.79 Å². The number of anilines is 1. The minimum absolute atomic E-state index is 0.133. The van der Waals surface area contributed by atoms with E-state index in [0.717, 1.165) is 11.3 Å². The second kappa shape index (κ2) is 4.94. The van der Waals surface area contributed by atoms with Crippen LogP contribution in [0.2, 0.25) is 0 Å². The number of benzene rings is 1. The number of carbonyl (C=O) groups excluding carboxylic acids is 1. The molecule has 0 unspecified atom stereocenters. The van der Waals surface area contributed by atoms with Crippen molar-refractivity contribution in [2.45, 2.75) is 6.92 Å². The fraction of sp³-hybridized carbons (Fsp3) is 0.154. The summed E-state index contributed by atoms with van der Waals surface area (Å²) in [5.41, 5.74) is 1.77. The highest BCUT2D eigenvalue weighted by Crippen LogP contribution is 2.14. The quantitative estimate of drug-likeness (QED) is 0.817. The van der Waals surface area contributed by atoms with E-state index < -0.39 is 0 Å². The Morgan fingerprint density at radius 1 is 1.31 bits per heavy atom. The van der Waals surface area contributed by atoms with Gasteiger partial charge in [0.1, 0.15) is 0 Å². The van der Waals surface area contributed by atoms with Crippen molar-refractivity contribution in [2.75, 3.05) is 11.9 Å². The predicted octanol–water partition coefficient (Wildman–Crippen LogP) is 3.35. The fourth-order valence-corrected chi connectivity index (χ4v) is 2.14. The van der Waals surface area contributed by atoms with Crippen LogP contribution in [0.25, 0.3) is 0 Å². The van der Waals surface area contributed by atoms with Gasteiger partial charge < -0.3 is 5.32 Å². The number of ketones is 1. The van der Waals surface area contributed by atoms with Gasteiger partial charge in [-0.1, -0.05) is 18.2 Å². The van der Waals surface area contributed by atoms with Gasteiger partial charge in [0.15, 0.2) is 5.78 Å². The summed E-state index contributed by atoms with van der Waals surface area (Å²) >= 11 is 1.61. The highest BCUT2D eigenvalue weighted by Gasteiger charge is 2.06. The van der Waals surface area contributed by atoms with Gasteiger partial charge in [-0.2, -0.15) is 0 Å². The topological polar surface area (TPSA) is 29.1 Å². The van der Waals surface area contributed by atoms with Gasteiger partial charge in [-0.15, -0.1) is 11.3 Å². The number of aryl methyl sites for hydroxylation is 1. The number of para-hydroxylation sites is 1. The lowest BCUT2D eigenvalue weighted by Crippen LogP contribution is -2.13. The minimum Gasteiger partial charge on any atom is -0.378 e. The van der Waals surface area contributed by atoms with Gasteiger partial charge in [0.25, 0.3) is 0 Å².